The molecule has 2 saturated heterocycles. The molecule has 0 aromatic heterocycles. The van der Waals surface area contributed by atoms with Gasteiger partial charge >= 0.3 is 5.97 Å². The predicted molar refractivity (Wildman–Crippen MR) is 80.4 cm³/mol. The smallest absolute Gasteiger partial charge is 0.323 e. The molecule has 0 bridgehead atoms. The molecule has 1 aromatic carbocycles. The first-order valence-corrected chi connectivity index (χ1v) is 7.80. The van der Waals surface area contributed by atoms with Gasteiger partial charge in [-0.2, -0.15) is 0 Å². The summed E-state index contributed by atoms with van der Waals surface area (Å²) < 4.78 is 10.6. The number of likely N-dealkylation sites (tertiary alicyclic amines) is 1. The van der Waals surface area contributed by atoms with Gasteiger partial charge in [0.25, 0.3) is 0 Å². The third-order valence-corrected chi connectivity index (χ3v) is 4.60. The van der Waals surface area contributed by atoms with Gasteiger partial charge < -0.3 is 9.47 Å². The van der Waals surface area contributed by atoms with Crippen molar-refractivity contribution in [3.05, 3.63) is 29.8 Å². The van der Waals surface area contributed by atoms with Gasteiger partial charge in [0.15, 0.2) is 0 Å². The Labute approximate surface area is 126 Å². The van der Waals surface area contributed by atoms with Crippen LogP contribution in [0.1, 0.15) is 24.8 Å². The van der Waals surface area contributed by atoms with E-state index in [4.69, 9.17) is 9.47 Å². The number of para-hydroxylation sites is 1. The minimum absolute atomic E-state index is 0.00883. The number of rotatable bonds is 4. The van der Waals surface area contributed by atoms with Gasteiger partial charge in [-0.05, 0) is 43.4 Å². The number of carbonyl (C=O) groups excluding carboxylic acids is 1. The van der Waals surface area contributed by atoms with E-state index in [2.05, 4.69) is 17.0 Å². The number of ether oxygens (including phenoxy) is 2. The zero-order valence-corrected chi connectivity index (χ0v) is 12.6. The van der Waals surface area contributed by atoms with Gasteiger partial charge in [0.2, 0.25) is 0 Å². The van der Waals surface area contributed by atoms with E-state index in [9.17, 15) is 4.79 Å². The Bertz CT molecular complexity index is 503. The van der Waals surface area contributed by atoms with E-state index in [1.165, 1.54) is 12.0 Å². The molecular weight excluding hydrogens is 266 g/mol. The van der Waals surface area contributed by atoms with Gasteiger partial charge in [0, 0.05) is 13.0 Å². The monoisotopic (exact) mass is 289 g/mol. The maximum atomic E-state index is 11.8. The van der Waals surface area contributed by atoms with Crippen LogP contribution in [0.2, 0.25) is 0 Å². The summed E-state index contributed by atoms with van der Waals surface area (Å²) in [4.78, 5) is 14.1. The third-order valence-electron chi connectivity index (χ3n) is 4.60. The Morgan fingerprint density at radius 3 is 2.95 bits per heavy atom. The molecule has 0 spiro atoms. The summed E-state index contributed by atoms with van der Waals surface area (Å²) in [5.74, 6) is 1.52. The van der Waals surface area contributed by atoms with Crippen molar-refractivity contribution in [3.8, 4) is 5.75 Å². The highest BCUT2D eigenvalue weighted by Gasteiger charge is 2.35. The minimum Gasteiger partial charge on any atom is -0.496 e. The van der Waals surface area contributed by atoms with E-state index in [1.54, 1.807) is 7.11 Å². The van der Waals surface area contributed by atoms with Crippen molar-refractivity contribution in [3.63, 3.8) is 0 Å². The summed E-state index contributed by atoms with van der Waals surface area (Å²) >= 11 is 0. The number of hydrogen-bond donors (Lipinski definition) is 0. The first-order chi connectivity index (χ1) is 10.3. The van der Waals surface area contributed by atoms with E-state index in [-0.39, 0.29) is 12.0 Å². The number of esters is 1. The fourth-order valence-corrected chi connectivity index (χ4v) is 3.55. The number of benzene rings is 1. The van der Waals surface area contributed by atoms with Crippen molar-refractivity contribution in [1.29, 1.82) is 0 Å². The second-order valence-electron chi connectivity index (χ2n) is 5.99. The molecule has 3 rings (SSSR count). The molecule has 2 aliphatic heterocycles. The van der Waals surface area contributed by atoms with E-state index in [1.807, 2.05) is 12.1 Å². The highest BCUT2D eigenvalue weighted by atomic mass is 16.5. The number of piperidine rings is 1. The summed E-state index contributed by atoms with van der Waals surface area (Å²) in [5, 5.41) is 0. The van der Waals surface area contributed by atoms with Gasteiger partial charge in [-0.25, -0.2) is 0 Å². The Morgan fingerprint density at radius 1 is 1.33 bits per heavy atom. The lowest BCUT2D eigenvalue weighted by Gasteiger charge is -2.35. The molecule has 21 heavy (non-hydrogen) atoms. The van der Waals surface area contributed by atoms with Crippen LogP contribution >= 0.6 is 0 Å². The normalized spacial score (nSPS) is 26.6. The third kappa shape index (κ3) is 3.21. The van der Waals surface area contributed by atoms with Crippen molar-refractivity contribution in [2.45, 2.75) is 31.7 Å². The summed E-state index contributed by atoms with van der Waals surface area (Å²) in [5.41, 5.74) is 1.26. The number of nitrogens with zero attached hydrogens (tertiary/aromatic N) is 1. The average molecular weight is 289 g/mol. The van der Waals surface area contributed by atoms with Crippen molar-refractivity contribution >= 4 is 5.97 Å². The molecule has 0 amide bonds. The molecule has 4 nitrogen and oxygen atoms in total. The van der Waals surface area contributed by atoms with Crippen molar-refractivity contribution in [2.24, 2.45) is 5.92 Å². The fourth-order valence-electron chi connectivity index (χ4n) is 3.55. The lowest BCUT2D eigenvalue weighted by atomic mass is 9.90. The minimum atomic E-state index is -0.0343. The lowest BCUT2D eigenvalue weighted by Crippen LogP contribution is -2.45. The standard InChI is InChI=1S/C17H23NO3/c1-20-16-7-3-2-6-14(16)11-13-5-4-9-18(12-13)15-8-10-21-17(15)19/h2-3,6-7,13,15H,4-5,8-12H2,1H3/t13-,15-/m0/s1. The number of carbonyl (C=O) groups is 1. The Morgan fingerprint density at radius 2 is 2.19 bits per heavy atom. The first-order valence-electron chi connectivity index (χ1n) is 7.80. The number of cyclic esters (lactones) is 1. The van der Waals surface area contributed by atoms with Gasteiger partial charge in [0.1, 0.15) is 11.8 Å². The summed E-state index contributed by atoms with van der Waals surface area (Å²) in [6.45, 7) is 2.58. The molecule has 0 saturated carbocycles. The van der Waals surface area contributed by atoms with E-state index in [0.29, 0.717) is 12.5 Å². The van der Waals surface area contributed by atoms with Gasteiger partial charge in [-0.15, -0.1) is 0 Å². The molecule has 0 N–H and O–H groups in total. The molecule has 2 heterocycles. The molecule has 2 atom stereocenters. The van der Waals surface area contributed by atoms with E-state index >= 15 is 0 Å². The van der Waals surface area contributed by atoms with Crippen molar-refractivity contribution in [1.82, 2.24) is 4.90 Å². The maximum Gasteiger partial charge on any atom is 0.323 e. The van der Waals surface area contributed by atoms with Crippen molar-refractivity contribution in [2.75, 3.05) is 26.8 Å². The Kier molecular flexibility index (Phi) is 4.44. The molecule has 4 heteroatoms. The fraction of sp³-hybridized carbons (Fsp3) is 0.588. The maximum absolute atomic E-state index is 11.8. The first kappa shape index (κ1) is 14.4. The van der Waals surface area contributed by atoms with E-state index < -0.39 is 0 Å². The lowest BCUT2D eigenvalue weighted by molar-refractivity contribution is -0.142. The number of methoxy groups -OCH3 is 1. The molecular formula is C17H23NO3. The van der Waals surface area contributed by atoms with Crippen LogP contribution in [0.15, 0.2) is 24.3 Å². The van der Waals surface area contributed by atoms with Crippen LogP contribution in [0.3, 0.4) is 0 Å². The van der Waals surface area contributed by atoms with Gasteiger partial charge in [0.05, 0.1) is 13.7 Å². The topological polar surface area (TPSA) is 38.8 Å². The zero-order valence-electron chi connectivity index (χ0n) is 12.6. The van der Waals surface area contributed by atoms with Gasteiger partial charge in [-0.1, -0.05) is 18.2 Å². The Balaban J connectivity index is 1.64. The largest absolute Gasteiger partial charge is 0.496 e. The summed E-state index contributed by atoms with van der Waals surface area (Å²) in [6, 6.07) is 8.22. The molecule has 0 radical (unpaired) electrons. The van der Waals surface area contributed by atoms with Crippen LogP contribution < -0.4 is 4.74 Å². The summed E-state index contributed by atoms with van der Waals surface area (Å²) in [6.07, 6.45) is 4.24. The molecule has 2 fully saturated rings. The summed E-state index contributed by atoms with van der Waals surface area (Å²) in [7, 11) is 1.72. The average Bonchev–Trinajstić information content (AvgIpc) is 2.94. The van der Waals surface area contributed by atoms with Crippen LogP contribution in [0.5, 0.6) is 5.75 Å². The highest BCUT2D eigenvalue weighted by Crippen LogP contribution is 2.28. The number of hydrogen-bond acceptors (Lipinski definition) is 4. The van der Waals surface area contributed by atoms with Gasteiger partial charge in [-0.3, -0.25) is 9.69 Å². The Hall–Kier alpha value is -1.55. The van der Waals surface area contributed by atoms with Crippen LogP contribution in [-0.2, 0) is 16.0 Å². The van der Waals surface area contributed by atoms with Crippen LogP contribution in [0.25, 0.3) is 0 Å². The van der Waals surface area contributed by atoms with E-state index in [0.717, 1.165) is 38.1 Å². The molecule has 1 aromatic rings. The van der Waals surface area contributed by atoms with Crippen LogP contribution in [-0.4, -0.2) is 43.7 Å². The molecule has 114 valence electrons. The van der Waals surface area contributed by atoms with Crippen LogP contribution in [0, 0.1) is 5.92 Å². The molecule has 2 aliphatic rings. The predicted octanol–water partition coefficient (Wildman–Crippen LogP) is 2.27. The van der Waals surface area contributed by atoms with Crippen molar-refractivity contribution < 1.29 is 14.3 Å². The quantitative estimate of drug-likeness (QED) is 0.797. The molecule has 0 unspecified atom stereocenters. The molecule has 0 aliphatic carbocycles. The zero-order chi connectivity index (χ0) is 14.7. The second kappa shape index (κ2) is 6.48. The SMILES string of the molecule is COc1ccccc1C[C@@H]1CCCN([C@H]2CCOC2=O)C1. The second-order valence-corrected chi connectivity index (χ2v) is 5.99. The highest BCUT2D eigenvalue weighted by molar-refractivity contribution is 5.77. The van der Waals surface area contributed by atoms with Crippen LogP contribution in [0.4, 0.5) is 0 Å².